The third-order valence-corrected chi connectivity index (χ3v) is 3.03. The van der Waals surface area contributed by atoms with E-state index in [4.69, 9.17) is 0 Å². The summed E-state index contributed by atoms with van der Waals surface area (Å²) in [6.07, 6.45) is 0.426. The van der Waals surface area contributed by atoms with Crippen LogP contribution >= 0.6 is 15.9 Å². The van der Waals surface area contributed by atoms with Gasteiger partial charge in [-0.2, -0.15) is 0 Å². The normalized spacial score (nSPS) is 12.2. The number of benzene rings is 1. The van der Waals surface area contributed by atoms with Gasteiger partial charge in [0.15, 0.2) is 0 Å². The number of hydrogen-bond acceptors (Lipinski definition) is 1. The number of hydrogen-bond donors (Lipinski definition) is 0. The molecule has 0 saturated carbocycles. The van der Waals surface area contributed by atoms with E-state index in [1.54, 1.807) is 30.1 Å². The van der Waals surface area contributed by atoms with Crippen molar-refractivity contribution in [1.82, 2.24) is 4.90 Å². The van der Waals surface area contributed by atoms with Gasteiger partial charge in [0, 0.05) is 24.4 Å². The van der Waals surface area contributed by atoms with Crippen molar-refractivity contribution in [3.8, 4) is 0 Å². The van der Waals surface area contributed by atoms with E-state index in [1.165, 1.54) is 6.07 Å². The number of nitrogens with zero attached hydrogens (tertiary/aromatic N) is 1. The van der Waals surface area contributed by atoms with Gasteiger partial charge in [0.1, 0.15) is 5.82 Å². The minimum absolute atomic E-state index is 0.00706. The molecule has 0 heterocycles. The van der Waals surface area contributed by atoms with Crippen molar-refractivity contribution in [2.24, 2.45) is 0 Å². The van der Waals surface area contributed by atoms with Crippen molar-refractivity contribution < 1.29 is 9.18 Å². The number of alkyl halides is 1. The highest BCUT2D eigenvalue weighted by Gasteiger charge is 2.18. The maximum absolute atomic E-state index is 13.5. The molecule has 88 valence electrons. The highest BCUT2D eigenvalue weighted by atomic mass is 79.9. The van der Waals surface area contributed by atoms with Crippen LogP contribution in [0.1, 0.15) is 24.9 Å². The summed E-state index contributed by atoms with van der Waals surface area (Å²) in [5, 5.41) is 0.625. The summed E-state index contributed by atoms with van der Waals surface area (Å²) in [4.78, 5) is 13.2. The van der Waals surface area contributed by atoms with E-state index >= 15 is 0 Å². The predicted octanol–water partition coefficient (Wildman–Crippen LogP) is 3.13. The molecule has 0 fully saturated rings. The van der Waals surface area contributed by atoms with Crippen LogP contribution in [0.3, 0.4) is 0 Å². The molecule has 0 aliphatic rings. The van der Waals surface area contributed by atoms with Gasteiger partial charge < -0.3 is 4.90 Å². The molecule has 0 aliphatic carbocycles. The molecule has 2 nitrogen and oxygen atoms in total. The lowest BCUT2D eigenvalue weighted by molar-refractivity contribution is -0.131. The van der Waals surface area contributed by atoms with E-state index in [0.29, 0.717) is 17.3 Å². The molecule has 4 heteroatoms. The number of carbonyl (C=O) groups excluding carboxylic acids is 1. The summed E-state index contributed by atoms with van der Waals surface area (Å²) in [5.74, 6) is -0.263. The molecule has 1 aromatic carbocycles. The van der Waals surface area contributed by atoms with Crippen molar-refractivity contribution in [3.05, 3.63) is 35.6 Å². The Morgan fingerprint density at radius 2 is 2.12 bits per heavy atom. The van der Waals surface area contributed by atoms with Gasteiger partial charge in [-0.3, -0.25) is 4.79 Å². The Labute approximate surface area is 104 Å². The van der Waals surface area contributed by atoms with Crippen LogP contribution in [0, 0.1) is 5.82 Å². The van der Waals surface area contributed by atoms with Crippen LogP contribution in [0.4, 0.5) is 4.39 Å². The lowest BCUT2D eigenvalue weighted by atomic mass is 10.1. The van der Waals surface area contributed by atoms with Gasteiger partial charge in [0.25, 0.3) is 0 Å². The Balaban J connectivity index is 2.82. The van der Waals surface area contributed by atoms with Crippen molar-refractivity contribution in [2.75, 3.05) is 12.4 Å². The van der Waals surface area contributed by atoms with Gasteiger partial charge in [0.2, 0.25) is 5.91 Å². The lowest BCUT2D eigenvalue weighted by Crippen LogP contribution is -2.30. The van der Waals surface area contributed by atoms with Gasteiger partial charge in [0.05, 0.1) is 6.04 Å². The second-order valence-electron chi connectivity index (χ2n) is 3.64. The minimum Gasteiger partial charge on any atom is -0.339 e. The van der Waals surface area contributed by atoms with Crippen LogP contribution in [0.2, 0.25) is 0 Å². The topological polar surface area (TPSA) is 20.3 Å². The summed E-state index contributed by atoms with van der Waals surface area (Å²) in [6, 6.07) is 6.29. The third kappa shape index (κ3) is 3.04. The van der Waals surface area contributed by atoms with E-state index in [9.17, 15) is 9.18 Å². The van der Waals surface area contributed by atoms with Gasteiger partial charge in [-0.25, -0.2) is 4.39 Å². The monoisotopic (exact) mass is 287 g/mol. The van der Waals surface area contributed by atoms with E-state index in [0.717, 1.165) is 0 Å². The molecule has 16 heavy (non-hydrogen) atoms. The van der Waals surface area contributed by atoms with Crippen LogP contribution < -0.4 is 0 Å². The number of carbonyl (C=O) groups is 1. The molecule has 0 radical (unpaired) electrons. The van der Waals surface area contributed by atoms with E-state index in [2.05, 4.69) is 15.9 Å². The molecule has 1 unspecified atom stereocenters. The average molecular weight is 288 g/mol. The fourth-order valence-electron chi connectivity index (χ4n) is 1.50. The zero-order valence-corrected chi connectivity index (χ0v) is 11.0. The van der Waals surface area contributed by atoms with E-state index < -0.39 is 0 Å². The Morgan fingerprint density at radius 3 is 2.69 bits per heavy atom. The Hall–Kier alpha value is -0.900. The SMILES string of the molecule is CC(c1ccccc1F)N(C)C(=O)CCBr. The largest absolute Gasteiger partial charge is 0.339 e. The molecule has 1 amide bonds. The zero-order chi connectivity index (χ0) is 12.1. The standard InChI is InChI=1S/C12H15BrFNO/c1-9(15(2)12(16)7-8-13)10-5-3-4-6-11(10)14/h3-6,9H,7-8H2,1-2H3. The average Bonchev–Trinajstić information content (AvgIpc) is 2.28. The molecule has 0 bridgehead atoms. The first-order chi connectivity index (χ1) is 7.57. The maximum Gasteiger partial charge on any atom is 0.223 e. The molecular weight excluding hydrogens is 273 g/mol. The maximum atomic E-state index is 13.5. The van der Waals surface area contributed by atoms with Crippen LogP contribution in [0.25, 0.3) is 0 Å². The predicted molar refractivity (Wildman–Crippen MR) is 66.0 cm³/mol. The molecule has 0 aromatic heterocycles. The summed E-state index contributed by atoms with van der Waals surface area (Å²) in [6.45, 7) is 1.82. The van der Waals surface area contributed by atoms with E-state index in [1.807, 2.05) is 6.92 Å². The minimum atomic E-state index is -0.270. The quantitative estimate of drug-likeness (QED) is 0.779. The summed E-state index contributed by atoms with van der Waals surface area (Å²) in [7, 11) is 1.70. The smallest absolute Gasteiger partial charge is 0.223 e. The first-order valence-electron chi connectivity index (χ1n) is 5.14. The van der Waals surface area contributed by atoms with Gasteiger partial charge in [-0.15, -0.1) is 0 Å². The highest BCUT2D eigenvalue weighted by Crippen LogP contribution is 2.22. The summed E-state index contributed by atoms with van der Waals surface area (Å²) in [5.41, 5.74) is 0.549. The molecule has 1 atom stereocenters. The number of rotatable bonds is 4. The zero-order valence-electron chi connectivity index (χ0n) is 9.41. The molecule has 1 aromatic rings. The Bertz CT molecular complexity index is 370. The fourth-order valence-corrected chi connectivity index (χ4v) is 1.83. The van der Waals surface area contributed by atoms with Crippen molar-refractivity contribution in [1.29, 1.82) is 0 Å². The highest BCUT2D eigenvalue weighted by molar-refractivity contribution is 9.09. The van der Waals surface area contributed by atoms with Crippen LogP contribution in [0.5, 0.6) is 0 Å². The summed E-state index contributed by atoms with van der Waals surface area (Å²) >= 11 is 3.22. The second kappa shape index (κ2) is 5.99. The Morgan fingerprint density at radius 1 is 1.50 bits per heavy atom. The van der Waals surface area contributed by atoms with Gasteiger partial charge in [-0.1, -0.05) is 34.1 Å². The number of amides is 1. The van der Waals surface area contributed by atoms with Gasteiger partial charge in [-0.05, 0) is 13.0 Å². The summed E-state index contributed by atoms with van der Waals surface area (Å²) < 4.78 is 13.5. The van der Waals surface area contributed by atoms with Crippen LogP contribution in [0.15, 0.2) is 24.3 Å². The van der Waals surface area contributed by atoms with Crippen LogP contribution in [-0.2, 0) is 4.79 Å². The van der Waals surface area contributed by atoms with Crippen LogP contribution in [-0.4, -0.2) is 23.2 Å². The lowest BCUT2D eigenvalue weighted by Gasteiger charge is -2.25. The number of halogens is 2. The van der Waals surface area contributed by atoms with Crippen molar-refractivity contribution >= 4 is 21.8 Å². The molecule has 0 N–H and O–H groups in total. The molecule has 0 aliphatic heterocycles. The molecular formula is C12H15BrFNO. The molecule has 0 saturated heterocycles. The van der Waals surface area contributed by atoms with Gasteiger partial charge >= 0.3 is 0 Å². The van der Waals surface area contributed by atoms with Crippen molar-refractivity contribution in [3.63, 3.8) is 0 Å². The third-order valence-electron chi connectivity index (χ3n) is 2.64. The first-order valence-corrected chi connectivity index (χ1v) is 6.26. The Kier molecular flexibility index (Phi) is 4.93. The fraction of sp³-hybridized carbons (Fsp3) is 0.417. The van der Waals surface area contributed by atoms with E-state index in [-0.39, 0.29) is 17.8 Å². The second-order valence-corrected chi connectivity index (χ2v) is 4.43. The van der Waals surface area contributed by atoms with Crippen molar-refractivity contribution in [2.45, 2.75) is 19.4 Å². The molecule has 1 rings (SSSR count). The molecule has 0 spiro atoms. The first kappa shape index (κ1) is 13.2.